The first-order valence-corrected chi connectivity index (χ1v) is 6.39. The third-order valence-corrected chi connectivity index (χ3v) is 3.62. The summed E-state index contributed by atoms with van der Waals surface area (Å²) in [6.07, 6.45) is 0.849. The maximum Gasteiger partial charge on any atom is 0.231 e. The zero-order chi connectivity index (χ0) is 13.2. The average Bonchev–Trinajstić information content (AvgIpc) is 2.85. The van der Waals surface area contributed by atoms with E-state index >= 15 is 0 Å². The minimum absolute atomic E-state index is 0.0990. The Balaban J connectivity index is 2.09. The molecular weight excluding hydrogens is 254 g/mol. The molecule has 1 aliphatic rings. The van der Waals surface area contributed by atoms with Crippen LogP contribution >= 0.6 is 11.6 Å². The molecule has 0 amide bonds. The predicted molar refractivity (Wildman–Crippen MR) is 70.2 cm³/mol. The van der Waals surface area contributed by atoms with Gasteiger partial charge in [-0.3, -0.25) is 0 Å². The summed E-state index contributed by atoms with van der Waals surface area (Å²) in [5, 5.41) is 13.2. The van der Waals surface area contributed by atoms with Crippen LogP contribution in [-0.2, 0) is 6.54 Å². The molecule has 5 heteroatoms. The summed E-state index contributed by atoms with van der Waals surface area (Å²) >= 11 is 6.11. The van der Waals surface area contributed by atoms with Gasteiger partial charge >= 0.3 is 0 Å². The first-order valence-electron chi connectivity index (χ1n) is 6.02. The highest BCUT2D eigenvalue weighted by atomic mass is 35.5. The van der Waals surface area contributed by atoms with Gasteiger partial charge in [-0.15, -0.1) is 0 Å². The molecule has 0 saturated carbocycles. The van der Waals surface area contributed by atoms with Gasteiger partial charge in [-0.05, 0) is 31.0 Å². The number of benzene rings is 1. The topological polar surface area (TPSA) is 50.7 Å². The Morgan fingerprint density at radius 1 is 1.44 bits per heavy atom. The number of aliphatic hydroxyl groups is 1. The van der Waals surface area contributed by atoms with E-state index in [4.69, 9.17) is 21.1 Å². The normalized spacial score (nSPS) is 16.7. The SMILES string of the molecule is CCC(C)(CO)NCc1cc(Cl)c2c(c1)OCO2. The third-order valence-electron chi connectivity index (χ3n) is 3.34. The van der Waals surface area contributed by atoms with Crippen LogP contribution in [0.5, 0.6) is 11.5 Å². The lowest BCUT2D eigenvalue weighted by molar-refractivity contribution is 0.168. The van der Waals surface area contributed by atoms with Gasteiger partial charge in [0, 0.05) is 12.1 Å². The second-order valence-electron chi connectivity index (χ2n) is 4.74. The molecule has 0 bridgehead atoms. The van der Waals surface area contributed by atoms with Gasteiger partial charge in [0.1, 0.15) is 0 Å². The fraction of sp³-hybridized carbons (Fsp3) is 0.538. The number of nitrogens with one attached hydrogen (secondary N) is 1. The molecule has 0 aromatic heterocycles. The van der Waals surface area contributed by atoms with E-state index < -0.39 is 0 Å². The number of aliphatic hydroxyl groups excluding tert-OH is 1. The van der Waals surface area contributed by atoms with Crippen molar-refractivity contribution < 1.29 is 14.6 Å². The number of fused-ring (bicyclic) bond motifs is 1. The Bertz CT molecular complexity index is 432. The molecule has 1 aromatic rings. The Kier molecular flexibility index (Phi) is 4.00. The number of ether oxygens (including phenoxy) is 2. The van der Waals surface area contributed by atoms with Gasteiger partial charge in [0.05, 0.1) is 11.6 Å². The lowest BCUT2D eigenvalue weighted by atomic mass is 10.00. The Morgan fingerprint density at radius 2 is 2.22 bits per heavy atom. The molecule has 2 rings (SSSR count). The van der Waals surface area contributed by atoms with Gasteiger partial charge < -0.3 is 19.9 Å². The van der Waals surface area contributed by atoms with E-state index in [9.17, 15) is 5.11 Å². The van der Waals surface area contributed by atoms with Crippen LogP contribution in [0, 0.1) is 0 Å². The van der Waals surface area contributed by atoms with E-state index in [-0.39, 0.29) is 18.9 Å². The summed E-state index contributed by atoms with van der Waals surface area (Å²) in [6.45, 7) is 4.97. The highest BCUT2D eigenvalue weighted by molar-refractivity contribution is 6.32. The highest BCUT2D eigenvalue weighted by Gasteiger charge is 2.22. The van der Waals surface area contributed by atoms with E-state index in [1.807, 2.05) is 26.0 Å². The Hall–Kier alpha value is -0.970. The quantitative estimate of drug-likeness (QED) is 0.863. The van der Waals surface area contributed by atoms with Crippen LogP contribution in [-0.4, -0.2) is 24.0 Å². The smallest absolute Gasteiger partial charge is 0.231 e. The summed E-state index contributed by atoms with van der Waals surface area (Å²) in [4.78, 5) is 0. The summed E-state index contributed by atoms with van der Waals surface area (Å²) in [6, 6.07) is 3.77. The molecule has 18 heavy (non-hydrogen) atoms. The largest absolute Gasteiger partial charge is 0.454 e. The van der Waals surface area contributed by atoms with Crippen molar-refractivity contribution in [3.8, 4) is 11.5 Å². The molecule has 4 nitrogen and oxygen atoms in total. The van der Waals surface area contributed by atoms with E-state index in [0.717, 1.165) is 12.0 Å². The van der Waals surface area contributed by atoms with Gasteiger partial charge in [0.25, 0.3) is 0 Å². The molecule has 0 fully saturated rings. The van der Waals surface area contributed by atoms with Gasteiger partial charge in [0.15, 0.2) is 11.5 Å². The Morgan fingerprint density at radius 3 is 2.89 bits per heavy atom. The van der Waals surface area contributed by atoms with Crippen molar-refractivity contribution >= 4 is 11.6 Å². The van der Waals surface area contributed by atoms with Crippen LogP contribution < -0.4 is 14.8 Å². The average molecular weight is 272 g/mol. The van der Waals surface area contributed by atoms with Crippen molar-refractivity contribution in [3.63, 3.8) is 0 Å². The number of rotatable bonds is 5. The lowest BCUT2D eigenvalue weighted by Gasteiger charge is -2.27. The van der Waals surface area contributed by atoms with Crippen LogP contribution in [0.4, 0.5) is 0 Å². The van der Waals surface area contributed by atoms with Crippen molar-refractivity contribution in [2.24, 2.45) is 0 Å². The predicted octanol–water partition coefficient (Wildman–Crippen LogP) is 2.32. The van der Waals surface area contributed by atoms with Crippen molar-refractivity contribution in [2.75, 3.05) is 13.4 Å². The van der Waals surface area contributed by atoms with Gasteiger partial charge in [-0.2, -0.15) is 0 Å². The minimum Gasteiger partial charge on any atom is -0.454 e. The first-order chi connectivity index (χ1) is 8.58. The maximum atomic E-state index is 9.34. The van der Waals surface area contributed by atoms with Gasteiger partial charge in [0.2, 0.25) is 6.79 Å². The van der Waals surface area contributed by atoms with Gasteiger partial charge in [-0.25, -0.2) is 0 Å². The van der Waals surface area contributed by atoms with E-state index in [1.165, 1.54) is 0 Å². The zero-order valence-corrected chi connectivity index (χ0v) is 11.4. The minimum atomic E-state index is -0.275. The van der Waals surface area contributed by atoms with Crippen LogP contribution in [0.1, 0.15) is 25.8 Å². The fourth-order valence-electron chi connectivity index (χ4n) is 1.73. The molecule has 0 spiro atoms. The molecule has 1 aliphatic heterocycles. The molecule has 100 valence electrons. The molecule has 0 saturated heterocycles. The molecule has 0 radical (unpaired) electrons. The monoisotopic (exact) mass is 271 g/mol. The molecule has 0 aliphatic carbocycles. The van der Waals surface area contributed by atoms with Crippen LogP contribution in [0.3, 0.4) is 0 Å². The van der Waals surface area contributed by atoms with Crippen molar-refractivity contribution in [1.29, 1.82) is 0 Å². The summed E-state index contributed by atoms with van der Waals surface area (Å²) in [5.74, 6) is 1.29. The second kappa shape index (κ2) is 5.34. The number of hydrogen-bond donors (Lipinski definition) is 2. The van der Waals surface area contributed by atoms with Crippen LogP contribution in [0.2, 0.25) is 5.02 Å². The van der Waals surface area contributed by atoms with E-state index in [1.54, 1.807) is 0 Å². The first kappa shape index (κ1) is 13.5. The van der Waals surface area contributed by atoms with Crippen LogP contribution in [0.25, 0.3) is 0 Å². The molecule has 1 aromatic carbocycles. The second-order valence-corrected chi connectivity index (χ2v) is 5.14. The maximum absolute atomic E-state index is 9.34. The highest BCUT2D eigenvalue weighted by Crippen LogP contribution is 2.39. The summed E-state index contributed by atoms with van der Waals surface area (Å²) < 4.78 is 10.6. The summed E-state index contributed by atoms with van der Waals surface area (Å²) in [5.41, 5.74) is 0.737. The lowest BCUT2D eigenvalue weighted by Crippen LogP contribution is -2.44. The molecule has 1 atom stereocenters. The summed E-state index contributed by atoms with van der Waals surface area (Å²) in [7, 11) is 0. The van der Waals surface area contributed by atoms with Gasteiger partial charge in [-0.1, -0.05) is 18.5 Å². The fourth-order valence-corrected chi connectivity index (χ4v) is 2.02. The molecule has 2 N–H and O–H groups in total. The Labute approximate surface area is 112 Å². The van der Waals surface area contributed by atoms with Crippen molar-refractivity contribution in [3.05, 3.63) is 22.7 Å². The molecule has 1 heterocycles. The number of halogens is 1. The molecular formula is C13H18ClNO3. The van der Waals surface area contributed by atoms with E-state index in [0.29, 0.717) is 23.1 Å². The van der Waals surface area contributed by atoms with E-state index in [2.05, 4.69) is 5.32 Å². The standard InChI is InChI=1S/C13H18ClNO3/c1-3-13(2,7-16)15-6-9-4-10(14)12-11(5-9)17-8-18-12/h4-5,15-16H,3,6-8H2,1-2H3. The third kappa shape index (κ3) is 2.71. The van der Waals surface area contributed by atoms with Crippen molar-refractivity contribution in [1.82, 2.24) is 5.32 Å². The molecule has 1 unspecified atom stereocenters. The number of hydrogen-bond acceptors (Lipinski definition) is 4. The van der Waals surface area contributed by atoms with Crippen molar-refractivity contribution in [2.45, 2.75) is 32.4 Å². The zero-order valence-electron chi connectivity index (χ0n) is 10.6. The van der Waals surface area contributed by atoms with Crippen LogP contribution in [0.15, 0.2) is 12.1 Å².